The average Bonchev–Trinajstić information content (AvgIpc) is 3.36. The van der Waals surface area contributed by atoms with Crippen molar-refractivity contribution in [1.82, 2.24) is 20.5 Å². The van der Waals surface area contributed by atoms with E-state index in [0.29, 0.717) is 43.1 Å². The van der Waals surface area contributed by atoms with Crippen LogP contribution < -0.4 is 10.6 Å². The molecule has 0 spiro atoms. The molecule has 164 valence electrons. The first-order chi connectivity index (χ1) is 15.3. The zero-order valence-corrected chi connectivity index (χ0v) is 19.0. The molecule has 1 aromatic carbocycles. The maximum atomic E-state index is 12.9. The minimum absolute atomic E-state index is 0.174. The lowest BCUT2D eigenvalue weighted by atomic mass is 9.82. The number of benzene rings is 1. The molecule has 1 unspecified atom stereocenters. The fourth-order valence-corrected chi connectivity index (χ4v) is 5.02. The van der Waals surface area contributed by atoms with Crippen molar-refractivity contribution in [1.29, 1.82) is 10.5 Å². The molecule has 0 bridgehead atoms. The molecule has 0 saturated carbocycles. The third-order valence-corrected chi connectivity index (χ3v) is 6.90. The first kappa shape index (κ1) is 21.8. The zero-order chi connectivity index (χ0) is 22.9. The third-order valence-electron chi connectivity index (χ3n) is 5.81. The molecule has 2 amide bonds. The van der Waals surface area contributed by atoms with Crippen molar-refractivity contribution < 1.29 is 9.21 Å². The summed E-state index contributed by atoms with van der Waals surface area (Å²) in [6, 6.07) is 11.6. The molecule has 2 aromatic rings. The Morgan fingerprint density at radius 3 is 2.72 bits per heavy atom. The van der Waals surface area contributed by atoms with Crippen molar-refractivity contribution in [2.75, 3.05) is 13.1 Å². The Balaban J connectivity index is 1.55. The first-order valence-electron chi connectivity index (χ1n) is 10.4. The predicted octanol–water partition coefficient (Wildman–Crippen LogP) is 3.94. The second-order valence-electron chi connectivity index (χ2n) is 8.30. The zero-order valence-electron chi connectivity index (χ0n) is 18.2. The standard InChI is InChI=1S/C23H24N6O2S/c1-14-19(31-15(2)26-14)20-18(17-6-4-5-16(11-17)12-24)27-21(32-20)28-22(30)29-9-7-23(3,13-25)8-10-29/h4-6,11,21,27H,7-10H2,1-3H3,(H,28,30). The summed E-state index contributed by atoms with van der Waals surface area (Å²) in [6.45, 7) is 6.71. The van der Waals surface area contributed by atoms with Crippen molar-refractivity contribution >= 4 is 28.4 Å². The number of aryl methyl sites for hydroxylation is 2. The van der Waals surface area contributed by atoms with Gasteiger partial charge in [0.15, 0.2) is 17.1 Å². The van der Waals surface area contributed by atoms with E-state index in [2.05, 4.69) is 27.8 Å². The summed E-state index contributed by atoms with van der Waals surface area (Å²) in [7, 11) is 0. The van der Waals surface area contributed by atoms with Gasteiger partial charge in [0.25, 0.3) is 0 Å². The number of oxazole rings is 1. The highest BCUT2D eigenvalue weighted by atomic mass is 32.2. The second-order valence-corrected chi connectivity index (χ2v) is 9.41. The van der Waals surface area contributed by atoms with Gasteiger partial charge < -0.3 is 20.0 Å². The van der Waals surface area contributed by atoms with E-state index >= 15 is 0 Å². The van der Waals surface area contributed by atoms with Crippen LogP contribution in [-0.2, 0) is 0 Å². The lowest BCUT2D eigenvalue weighted by Crippen LogP contribution is -2.50. The van der Waals surface area contributed by atoms with Crippen molar-refractivity contribution in [3.05, 3.63) is 52.7 Å². The summed E-state index contributed by atoms with van der Waals surface area (Å²) in [5.74, 6) is 1.22. The van der Waals surface area contributed by atoms with Crippen LogP contribution in [-0.4, -0.2) is 34.5 Å². The van der Waals surface area contributed by atoms with Crippen LogP contribution in [0.1, 0.15) is 48.2 Å². The second kappa shape index (κ2) is 8.60. The number of likely N-dealkylation sites (tertiary alicyclic amines) is 1. The number of amides is 2. The molecule has 32 heavy (non-hydrogen) atoms. The number of carbonyl (C=O) groups excluding carboxylic acids is 1. The van der Waals surface area contributed by atoms with Crippen LogP contribution in [0, 0.1) is 41.9 Å². The minimum Gasteiger partial charge on any atom is -0.440 e. The average molecular weight is 449 g/mol. The van der Waals surface area contributed by atoms with Gasteiger partial charge in [-0.25, -0.2) is 9.78 Å². The van der Waals surface area contributed by atoms with Crippen molar-refractivity contribution in [3.8, 4) is 12.1 Å². The number of carbonyl (C=O) groups is 1. The van der Waals surface area contributed by atoms with E-state index in [0.717, 1.165) is 21.9 Å². The summed E-state index contributed by atoms with van der Waals surface area (Å²) >= 11 is 1.45. The molecule has 1 aromatic heterocycles. The van der Waals surface area contributed by atoms with Gasteiger partial charge in [0.1, 0.15) is 0 Å². The number of hydrogen-bond acceptors (Lipinski definition) is 7. The van der Waals surface area contributed by atoms with Crippen LogP contribution in [0.2, 0.25) is 0 Å². The van der Waals surface area contributed by atoms with E-state index in [1.807, 2.05) is 26.0 Å². The van der Waals surface area contributed by atoms with Crippen LogP contribution in [0.3, 0.4) is 0 Å². The highest BCUT2D eigenvalue weighted by molar-refractivity contribution is 8.09. The van der Waals surface area contributed by atoms with Gasteiger partial charge >= 0.3 is 6.03 Å². The summed E-state index contributed by atoms with van der Waals surface area (Å²) in [5, 5.41) is 25.0. The van der Waals surface area contributed by atoms with Gasteiger partial charge in [-0.3, -0.25) is 0 Å². The van der Waals surface area contributed by atoms with Gasteiger partial charge in [0, 0.05) is 25.6 Å². The molecule has 1 atom stereocenters. The molecular weight excluding hydrogens is 424 g/mol. The molecule has 2 aliphatic rings. The van der Waals surface area contributed by atoms with E-state index in [1.54, 1.807) is 24.0 Å². The van der Waals surface area contributed by atoms with Crippen molar-refractivity contribution in [2.45, 2.75) is 39.1 Å². The van der Waals surface area contributed by atoms with Gasteiger partial charge in [-0.1, -0.05) is 23.9 Å². The number of rotatable bonds is 3. The Bertz CT molecular complexity index is 1160. The van der Waals surface area contributed by atoms with E-state index in [-0.39, 0.29) is 11.4 Å². The SMILES string of the molecule is Cc1nc(C)c(C2=C(c3cccc(C#N)c3)NC(NC(=O)N3CCC(C)(C#N)CC3)S2)o1. The molecule has 2 aliphatic heterocycles. The maximum Gasteiger partial charge on any atom is 0.319 e. The Hall–Kier alpha value is -3.43. The van der Waals surface area contributed by atoms with Crippen LogP contribution in [0.5, 0.6) is 0 Å². The number of aromatic nitrogens is 1. The number of thioether (sulfide) groups is 1. The molecular formula is C23H24N6O2S. The fraction of sp³-hybridized carbons (Fsp3) is 0.391. The highest BCUT2D eigenvalue weighted by Gasteiger charge is 2.35. The van der Waals surface area contributed by atoms with E-state index < -0.39 is 5.50 Å². The highest BCUT2D eigenvalue weighted by Crippen LogP contribution is 2.43. The van der Waals surface area contributed by atoms with Gasteiger partial charge in [0.05, 0.1) is 39.4 Å². The lowest BCUT2D eigenvalue weighted by molar-refractivity contribution is 0.155. The summed E-state index contributed by atoms with van der Waals surface area (Å²) in [4.78, 5) is 19.9. The Labute approximate surface area is 191 Å². The minimum atomic E-state index is -0.410. The molecule has 2 N–H and O–H groups in total. The topological polar surface area (TPSA) is 118 Å². The third kappa shape index (κ3) is 4.30. The summed E-state index contributed by atoms with van der Waals surface area (Å²) < 4.78 is 5.86. The first-order valence-corrected chi connectivity index (χ1v) is 11.3. The number of nitriles is 2. The molecule has 3 heterocycles. The van der Waals surface area contributed by atoms with Gasteiger partial charge in [0.2, 0.25) is 0 Å². The van der Waals surface area contributed by atoms with Crippen LogP contribution in [0.25, 0.3) is 10.6 Å². The van der Waals surface area contributed by atoms with E-state index in [4.69, 9.17) is 4.42 Å². The van der Waals surface area contributed by atoms with Crippen molar-refractivity contribution in [3.63, 3.8) is 0 Å². The van der Waals surface area contributed by atoms with Crippen LogP contribution in [0.15, 0.2) is 28.7 Å². The number of hydrogen-bond donors (Lipinski definition) is 2. The molecule has 9 heteroatoms. The molecule has 0 radical (unpaired) electrons. The van der Waals surface area contributed by atoms with Gasteiger partial charge in [-0.2, -0.15) is 10.5 Å². The smallest absolute Gasteiger partial charge is 0.319 e. The number of nitrogens with zero attached hydrogens (tertiary/aromatic N) is 4. The predicted molar refractivity (Wildman–Crippen MR) is 122 cm³/mol. The molecule has 1 fully saturated rings. The summed E-state index contributed by atoms with van der Waals surface area (Å²) in [5.41, 5.74) is 2.15. The summed E-state index contributed by atoms with van der Waals surface area (Å²) in [6.07, 6.45) is 1.32. The molecule has 4 rings (SSSR count). The molecule has 1 saturated heterocycles. The normalized spacial score (nSPS) is 19.8. The Morgan fingerprint density at radius 1 is 1.34 bits per heavy atom. The van der Waals surface area contributed by atoms with Crippen molar-refractivity contribution in [2.24, 2.45) is 5.41 Å². The largest absolute Gasteiger partial charge is 0.440 e. The lowest BCUT2D eigenvalue weighted by Gasteiger charge is -2.35. The number of urea groups is 1. The Kier molecular flexibility index (Phi) is 5.86. The molecule has 8 nitrogen and oxygen atoms in total. The quantitative estimate of drug-likeness (QED) is 0.730. The van der Waals surface area contributed by atoms with Gasteiger partial charge in [-0.05, 0) is 38.8 Å². The fourth-order valence-electron chi connectivity index (χ4n) is 3.85. The number of nitrogens with one attached hydrogen (secondary N) is 2. The van der Waals surface area contributed by atoms with E-state index in [9.17, 15) is 15.3 Å². The number of piperidine rings is 1. The van der Waals surface area contributed by atoms with Gasteiger partial charge in [-0.15, -0.1) is 0 Å². The van der Waals surface area contributed by atoms with E-state index in [1.165, 1.54) is 11.8 Å². The monoisotopic (exact) mass is 448 g/mol. The maximum absolute atomic E-state index is 12.9. The van der Waals surface area contributed by atoms with Crippen LogP contribution in [0.4, 0.5) is 4.79 Å². The molecule has 0 aliphatic carbocycles. The Morgan fingerprint density at radius 2 is 2.09 bits per heavy atom. The van der Waals surface area contributed by atoms with Crippen LogP contribution >= 0.6 is 11.8 Å².